The predicted octanol–water partition coefficient (Wildman–Crippen LogP) is 2.45. The Labute approximate surface area is 140 Å². The first-order valence-corrected chi connectivity index (χ1v) is 8.86. The van der Waals surface area contributed by atoms with Crippen molar-refractivity contribution >= 4 is 0 Å². The number of hydrogen-bond acceptors (Lipinski definition) is 4. The molecule has 0 radical (unpaired) electrons. The van der Waals surface area contributed by atoms with Gasteiger partial charge in [0.1, 0.15) is 0 Å². The lowest BCUT2D eigenvalue weighted by Crippen LogP contribution is -2.47. The summed E-state index contributed by atoms with van der Waals surface area (Å²) in [7, 11) is 0. The van der Waals surface area contributed by atoms with Crippen LogP contribution in [0.4, 0.5) is 0 Å². The SMILES string of the molecule is CC(O)CC(C)CNC(C)C(c1ccccc1)N1CCOCC1. The fourth-order valence-electron chi connectivity index (χ4n) is 3.49. The van der Waals surface area contributed by atoms with Crippen LogP contribution in [-0.4, -0.2) is 55.0 Å². The van der Waals surface area contributed by atoms with Crippen LogP contribution in [0.1, 0.15) is 38.8 Å². The van der Waals surface area contributed by atoms with E-state index in [1.807, 2.05) is 6.92 Å². The Kier molecular flexibility index (Phi) is 7.50. The van der Waals surface area contributed by atoms with Gasteiger partial charge < -0.3 is 15.2 Å². The number of ether oxygens (including phenoxy) is 1. The number of nitrogens with zero attached hydrogens (tertiary/aromatic N) is 1. The molecule has 0 amide bonds. The molecule has 130 valence electrons. The summed E-state index contributed by atoms with van der Waals surface area (Å²) in [5.74, 6) is 0.471. The molecule has 0 bridgehead atoms. The van der Waals surface area contributed by atoms with E-state index in [0.29, 0.717) is 18.0 Å². The Hall–Kier alpha value is -0.940. The van der Waals surface area contributed by atoms with Gasteiger partial charge in [0.25, 0.3) is 0 Å². The number of nitrogens with one attached hydrogen (secondary N) is 1. The highest BCUT2D eigenvalue weighted by molar-refractivity contribution is 5.21. The first-order valence-electron chi connectivity index (χ1n) is 8.86. The third kappa shape index (κ3) is 5.88. The van der Waals surface area contributed by atoms with Crippen molar-refractivity contribution in [1.82, 2.24) is 10.2 Å². The summed E-state index contributed by atoms with van der Waals surface area (Å²) < 4.78 is 5.52. The van der Waals surface area contributed by atoms with E-state index in [9.17, 15) is 5.11 Å². The highest BCUT2D eigenvalue weighted by Gasteiger charge is 2.27. The van der Waals surface area contributed by atoms with Crippen LogP contribution >= 0.6 is 0 Å². The number of aliphatic hydroxyl groups excluding tert-OH is 1. The van der Waals surface area contributed by atoms with Gasteiger partial charge in [0.2, 0.25) is 0 Å². The molecule has 0 spiro atoms. The van der Waals surface area contributed by atoms with Gasteiger partial charge in [-0.15, -0.1) is 0 Å². The minimum Gasteiger partial charge on any atom is -0.393 e. The van der Waals surface area contributed by atoms with E-state index in [1.165, 1.54) is 5.56 Å². The standard InChI is InChI=1S/C19H32N2O2/c1-15(13-16(2)22)14-20-17(3)19(18-7-5-4-6-8-18)21-9-11-23-12-10-21/h4-8,15-17,19-20,22H,9-14H2,1-3H3. The number of aliphatic hydroxyl groups is 1. The number of morpholine rings is 1. The number of benzene rings is 1. The quantitative estimate of drug-likeness (QED) is 0.772. The van der Waals surface area contributed by atoms with Crippen molar-refractivity contribution in [2.45, 2.75) is 45.4 Å². The number of hydrogen-bond donors (Lipinski definition) is 2. The third-order valence-corrected chi connectivity index (χ3v) is 4.59. The van der Waals surface area contributed by atoms with E-state index >= 15 is 0 Å². The Balaban J connectivity index is 2.01. The molecule has 1 aromatic rings. The van der Waals surface area contributed by atoms with Crippen LogP contribution in [0.3, 0.4) is 0 Å². The van der Waals surface area contributed by atoms with Crippen LogP contribution in [0.25, 0.3) is 0 Å². The second-order valence-electron chi connectivity index (χ2n) is 6.89. The molecule has 2 rings (SSSR count). The summed E-state index contributed by atoms with van der Waals surface area (Å²) in [6.07, 6.45) is 0.610. The summed E-state index contributed by atoms with van der Waals surface area (Å²) in [5.41, 5.74) is 1.36. The maximum atomic E-state index is 9.53. The van der Waals surface area contributed by atoms with Crippen LogP contribution in [0, 0.1) is 5.92 Å². The molecular weight excluding hydrogens is 288 g/mol. The molecule has 1 aliphatic heterocycles. The topological polar surface area (TPSA) is 44.7 Å². The molecule has 1 aromatic carbocycles. The Morgan fingerprint density at radius 3 is 2.39 bits per heavy atom. The molecule has 1 heterocycles. The van der Waals surface area contributed by atoms with E-state index in [2.05, 4.69) is 54.4 Å². The maximum absolute atomic E-state index is 9.53. The largest absolute Gasteiger partial charge is 0.393 e. The second-order valence-corrected chi connectivity index (χ2v) is 6.89. The smallest absolute Gasteiger partial charge is 0.0594 e. The lowest BCUT2D eigenvalue weighted by atomic mass is 9.97. The van der Waals surface area contributed by atoms with Gasteiger partial charge in [-0.05, 0) is 38.3 Å². The molecule has 1 aliphatic rings. The van der Waals surface area contributed by atoms with Crippen LogP contribution in [0.2, 0.25) is 0 Å². The zero-order valence-corrected chi connectivity index (χ0v) is 14.7. The van der Waals surface area contributed by atoms with Crippen LogP contribution in [0.15, 0.2) is 30.3 Å². The van der Waals surface area contributed by atoms with Crippen molar-refractivity contribution < 1.29 is 9.84 Å². The first-order chi connectivity index (χ1) is 11.1. The molecule has 4 nitrogen and oxygen atoms in total. The Morgan fingerprint density at radius 1 is 1.13 bits per heavy atom. The van der Waals surface area contributed by atoms with Gasteiger partial charge in [-0.3, -0.25) is 4.90 Å². The zero-order valence-electron chi connectivity index (χ0n) is 14.7. The molecule has 23 heavy (non-hydrogen) atoms. The van der Waals surface area contributed by atoms with Crippen LogP contribution < -0.4 is 5.32 Å². The van der Waals surface area contributed by atoms with Gasteiger partial charge >= 0.3 is 0 Å². The average Bonchev–Trinajstić information content (AvgIpc) is 2.55. The van der Waals surface area contributed by atoms with Gasteiger partial charge in [0, 0.05) is 19.1 Å². The van der Waals surface area contributed by atoms with E-state index in [-0.39, 0.29) is 6.10 Å². The molecule has 1 fully saturated rings. The van der Waals surface area contributed by atoms with Crippen LogP contribution in [0.5, 0.6) is 0 Å². The third-order valence-electron chi connectivity index (χ3n) is 4.59. The predicted molar refractivity (Wildman–Crippen MR) is 94.5 cm³/mol. The van der Waals surface area contributed by atoms with Crippen LogP contribution in [-0.2, 0) is 4.74 Å². The zero-order chi connectivity index (χ0) is 16.7. The van der Waals surface area contributed by atoms with E-state index in [1.54, 1.807) is 0 Å². The first kappa shape index (κ1) is 18.4. The van der Waals surface area contributed by atoms with Crippen molar-refractivity contribution in [2.75, 3.05) is 32.8 Å². The average molecular weight is 320 g/mol. The highest BCUT2D eigenvalue weighted by Crippen LogP contribution is 2.25. The van der Waals surface area contributed by atoms with Gasteiger partial charge in [-0.25, -0.2) is 0 Å². The summed E-state index contributed by atoms with van der Waals surface area (Å²) >= 11 is 0. The minimum atomic E-state index is -0.230. The monoisotopic (exact) mass is 320 g/mol. The summed E-state index contributed by atoms with van der Waals surface area (Å²) in [5, 5.41) is 13.2. The molecular formula is C19H32N2O2. The van der Waals surface area contributed by atoms with Crippen molar-refractivity contribution in [2.24, 2.45) is 5.92 Å². The lowest BCUT2D eigenvalue weighted by Gasteiger charge is -2.39. The molecule has 1 saturated heterocycles. The van der Waals surface area contributed by atoms with Gasteiger partial charge in [0.05, 0.1) is 25.4 Å². The van der Waals surface area contributed by atoms with E-state index < -0.39 is 0 Å². The molecule has 4 heteroatoms. The molecule has 4 unspecified atom stereocenters. The normalized spacial score (nSPS) is 21.6. The summed E-state index contributed by atoms with van der Waals surface area (Å²) in [4.78, 5) is 2.52. The molecule has 2 N–H and O–H groups in total. The fourth-order valence-corrected chi connectivity index (χ4v) is 3.49. The van der Waals surface area contributed by atoms with Crippen molar-refractivity contribution in [3.05, 3.63) is 35.9 Å². The summed E-state index contributed by atoms with van der Waals surface area (Å²) in [6, 6.07) is 11.5. The van der Waals surface area contributed by atoms with Crippen molar-refractivity contribution in [3.63, 3.8) is 0 Å². The molecule has 0 saturated carbocycles. The lowest BCUT2D eigenvalue weighted by molar-refractivity contribution is 0.00829. The van der Waals surface area contributed by atoms with E-state index in [4.69, 9.17) is 4.74 Å². The second kappa shape index (κ2) is 9.38. The van der Waals surface area contributed by atoms with Gasteiger partial charge in [0.15, 0.2) is 0 Å². The van der Waals surface area contributed by atoms with E-state index in [0.717, 1.165) is 39.3 Å². The van der Waals surface area contributed by atoms with Crippen molar-refractivity contribution in [1.29, 1.82) is 0 Å². The van der Waals surface area contributed by atoms with Gasteiger partial charge in [-0.2, -0.15) is 0 Å². The highest BCUT2D eigenvalue weighted by atomic mass is 16.5. The Morgan fingerprint density at radius 2 is 1.78 bits per heavy atom. The van der Waals surface area contributed by atoms with Crippen molar-refractivity contribution in [3.8, 4) is 0 Å². The molecule has 4 atom stereocenters. The molecule has 0 aromatic heterocycles. The number of rotatable bonds is 8. The fraction of sp³-hybridized carbons (Fsp3) is 0.684. The minimum absolute atomic E-state index is 0.230. The van der Waals surface area contributed by atoms with Gasteiger partial charge in [-0.1, -0.05) is 37.3 Å². The summed E-state index contributed by atoms with van der Waals surface area (Å²) in [6.45, 7) is 10.8. The Bertz CT molecular complexity index is 432. The molecule has 0 aliphatic carbocycles. The maximum Gasteiger partial charge on any atom is 0.0594 e.